The molecule has 0 unspecified atom stereocenters. The molecule has 1 N–H and O–H groups in total. The topological polar surface area (TPSA) is 36.1 Å². The number of likely N-dealkylation sites (N-methyl/N-ethyl adjacent to an activating group) is 1. The van der Waals surface area contributed by atoms with Gasteiger partial charge in [0.15, 0.2) is 0 Å². The average Bonchev–Trinajstić information content (AvgIpc) is 3.06. The molecular weight excluding hydrogens is 260 g/mol. The Balaban J connectivity index is 1.87. The molecule has 1 heterocycles. The van der Waals surface area contributed by atoms with Crippen molar-refractivity contribution >= 4 is 16.8 Å². The van der Waals surface area contributed by atoms with Crippen molar-refractivity contribution in [1.29, 1.82) is 0 Å². The first-order valence-corrected chi connectivity index (χ1v) is 7.66. The highest BCUT2D eigenvalue weighted by atomic mass is 16.2. The van der Waals surface area contributed by atoms with Crippen molar-refractivity contribution in [1.82, 2.24) is 9.88 Å². The number of carbonyl (C=O) groups is 1. The van der Waals surface area contributed by atoms with Gasteiger partial charge in [0, 0.05) is 41.5 Å². The SMILES string of the molecule is CN(CC1(c2c[nH]c3ccccc23)CC1)C(=O)C(C)(C)C. The maximum Gasteiger partial charge on any atom is 0.227 e. The van der Waals surface area contributed by atoms with Crippen LogP contribution >= 0.6 is 0 Å². The van der Waals surface area contributed by atoms with E-state index in [-0.39, 0.29) is 16.7 Å². The molecule has 3 nitrogen and oxygen atoms in total. The second-order valence-electron chi connectivity index (χ2n) is 7.44. The van der Waals surface area contributed by atoms with Crippen LogP contribution in [0.15, 0.2) is 30.5 Å². The van der Waals surface area contributed by atoms with Gasteiger partial charge in [0.2, 0.25) is 5.91 Å². The average molecular weight is 284 g/mol. The van der Waals surface area contributed by atoms with Gasteiger partial charge in [-0.15, -0.1) is 0 Å². The summed E-state index contributed by atoms with van der Waals surface area (Å²) in [6, 6.07) is 8.42. The van der Waals surface area contributed by atoms with Crippen LogP contribution in [0.25, 0.3) is 10.9 Å². The summed E-state index contributed by atoms with van der Waals surface area (Å²) in [5.41, 5.74) is 2.38. The standard InChI is InChI=1S/C18H24N2O/c1-17(2,3)16(21)20(4)12-18(9-10-18)14-11-19-15-8-6-5-7-13(14)15/h5-8,11,19H,9-10,12H2,1-4H3. The number of hydrogen-bond acceptors (Lipinski definition) is 1. The van der Waals surface area contributed by atoms with E-state index in [4.69, 9.17) is 0 Å². The van der Waals surface area contributed by atoms with Crippen molar-refractivity contribution in [2.75, 3.05) is 13.6 Å². The van der Waals surface area contributed by atoms with E-state index < -0.39 is 0 Å². The lowest BCUT2D eigenvalue weighted by atomic mass is 9.91. The highest BCUT2D eigenvalue weighted by Crippen LogP contribution is 2.51. The van der Waals surface area contributed by atoms with Crippen molar-refractivity contribution in [2.45, 2.75) is 39.0 Å². The first kappa shape index (κ1) is 14.2. The molecule has 3 rings (SSSR count). The number of fused-ring (bicyclic) bond motifs is 1. The summed E-state index contributed by atoms with van der Waals surface area (Å²) in [5, 5.41) is 1.30. The number of H-pyrrole nitrogens is 1. The molecule has 0 aliphatic heterocycles. The van der Waals surface area contributed by atoms with Crippen LogP contribution in [0.5, 0.6) is 0 Å². The molecule has 1 amide bonds. The molecule has 112 valence electrons. The molecule has 1 aliphatic rings. The zero-order valence-corrected chi connectivity index (χ0v) is 13.4. The van der Waals surface area contributed by atoms with Crippen LogP contribution in [0.4, 0.5) is 0 Å². The number of nitrogens with one attached hydrogen (secondary N) is 1. The highest BCUT2D eigenvalue weighted by Gasteiger charge is 2.47. The van der Waals surface area contributed by atoms with E-state index >= 15 is 0 Å². The summed E-state index contributed by atoms with van der Waals surface area (Å²) in [6.45, 7) is 6.76. The molecule has 0 spiro atoms. The van der Waals surface area contributed by atoms with Gasteiger partial charge in [0.25, 0.3) is 0 Å². The summed E-state index contributed by atoms with van der Waals surface area (Å²) in [4.78, 5) is 17.7. The van der Waals surface area contributed by atoms with Gasteiger partial charge in [-0.05, 0) is 24.5 Å². The van der Waals surface area contributed by atoms with E-state index in [9.17, 15) is 4.79 Å². The van der Waals surface area contributed by atoms with Crippen LogP contribution in [-0.4, -0.2) is 29.4 Å². The zero-order chi connectivity index (χ0) is 15.3. The van der Waals surface area contributed by atoms with Gasteiger partial charge < -0.3 is 9.88 Å². The van der Waals surface area contributed by atoms with Crippen molar-refractivity contribution in [3.8, 4) is 0 Å². The molecular formula is C18H24N2O. The summed E-state index contributed by atoms with van der Waals surface area (Å²) in [6.07, 6.45) is 4.46. The van der Waals surface area contributed by atoms with Crippen molar-refractivity contribution < 1.29 is 4.79 Å². The molecule has 1 aromatic heterocycles. The second kappa shape index (κ2) is 4.62. The predicted molar refractivity (Wildman–Crippen MR) is 86.3 cm³/mol. The van der Waals surface area contributed by atoms with Crippen LogP contribution in [0.3, 0.4) is 0 Å². The Morgan fingerprint density at radius 1 is 1.29 bits per heavy atom. The number of amides is 1. The maximum absolute atomic E-state index is 12.4. The maximum atomic E-state index is 12.4. The first-order valence-electron chi connectivity index (χ1n) is 7.66. The Morgan fingerprint density at radius 3 is 2.57 bits per heavy atom. The summed E-state index contributed by atoms with van der Waals surface area (Å²) in [5.74, 6) is 0.216. The third kappa shape index (κ3) is 2.45. The van der Waals surface area contributed by atoms with Gasteiger partial charge in [-0.3, -0.25) is 4.79 Å². The Labute approximate surface area is 126 Å². The van der Waals surface area contributed by atoms with Crippen LogP contribution in [0, 0.1) is 5.41 Å². The number of hydrogen-bond donors (Lipinski definition) is 1. The largest absolute Gasteiger partial charge is 0.361 e. The van der Waals surface area contributed by atoms with Crippen LogP contribution in [0.2, 0.25) is 0 Å². The minimum absolute atomic E-state index is 0.148. The van der Waals surface area contributed by atoms with Gasteiger partial charge in [-0.2, -0.15) is 0 Å². The molecule has 2 aromatic rings. The summed E-state index contributed by atoms with van der Waals surface area (Å²) < 4.78 is 0. The van der Waals surface area contributed by atoms with Crippen LogP contribution < -0.4 is 0 Å². The Bertz CT molecular complexity index is 674. The van der Waals surface area contributed by atoms with E-state index in [2.05, 4.69) is 35.4 Å². The summed E-state index contributed by atoms with van der Waals surface area (Å²) in [7, 11) is 1.93. The zero-order valence-electron chi connectivity index (χ0n) is 13.4. The van der Waals surface area contributed by atoms with Crippen molar-refractivity contribution in [3.05, 3.63) is 36.0 Å². The number of aromatic nitrogens is 1. The second-order valence-corrected chi connectivity index (χ2v) is 7.44. The number of nitrogens with zero attached hydrogens (tertiary/aromatic N) is 1. The third-order valence-electron chi connectivity index (χ3n) is 4.54. The lowest BCUT2D eigenvalue weighted by Crippen LogP contribution is -2.40. The van der Waals surface area contributed by atoms with Crippen molar-refractivity contribution in [2.24, 2.45) is 5.41 Å². The first-order chi connectivity index (χ1) is 9.83. The predicted octanol–water partition coefficient (Wildman–Crippen LogP) is 3.70. The van der Waals surface area contributed by atoms with Gasteiger partial charge in [0.1, 0.15) is 0 Å². The number of benzene rings is 1. The molecule has 0 saturated heterocycles. The van der Waals surface area contributed by atoms with E-state index in [1.54, 1.807) is 0 Å². The minimum atomic E-state index is -0.314. The molecule has 0 atom stereocenters. The number of rotatable bonds is 3. The number of para-hydroxylation sites is 1. The molecule has 1 aliphatic carbocycles. The Hall–Kier alpha value is -1.77. The fourth-order valence-corrected chi connectivity index (χ4v) is 3.27. The molecule has 1 aromatic carbocycles. The van der Waals surface area contributed by atoms with E-state index in [1.165, 1.54) is 16.5 Å². The van der Waals surface area contributed by atoms with E-state index in [0.29, 0.717) is 0 Å². The molecule has 1 saturated carbocycles. The lowest BCUT2D eigenvalue weighted by Gasteiger charge is -2.29. The number of carbonyl (C=O) groups excluding carboxylic acids is 1. The van der Waals surface area contributed by atoms with Gasteiger partial charge >= 0.3 is 0 Å². The molecule has 0 bridgehead atoms. The Kier molecular flexibility index (Phi) is 3.12. The van der Waals surface area contributed by atoms with Gasteiger partial charge in [0.05, 0.1) is 0 Å². The fourth-order valence-electron chi connectivity index (χ4n) is 3.27. The lowest BCUT2D eigenvalue weighted by molar-refractivity contribution is -0.138. The van der Waals surface area contributed by atoms with Crippen LogP contribution in [-0.2, 0) is 10.2 Å². The molecule has 1 fully saturated rings. The molecule has 21 heavy (non-hydrogen) atoms. The normalized spacial score (nSPS) is 17.0. The van der Waals surface area contributed by atoms with E-state index in [0.717, 1.165) is 19.4 Å². The monoisotopic (exact) mass is 284 g/mol. The highest BCUT2D eigenvalue weighted by molar-refractivity contribution is 5.85. The molecule has 0 radical (unpaired) electrons. The van der Waals surface area contributed by atoms with Crippen LogP contribution in [0.1, 0.15) is 39.2 Å². The fraction of sp³-hybridized carbons (Fsp3) is 0.500. The third-order valence-corrected chi connectivity index (χ3v) is 4.54. The summed E-state index contributed by atoms with van der Waals surface area (Å²) >= 11 is 0. The van der Waals surface area contributed by atoms with E-state index in [1.807, 2.05) is 32.7 Å². The van der Waals surface area contributed by atoms with Gasteiger partial charge in [-0.25, -0.2) is 0 Å². The van der Waals surface area contributed by atoms with Crippen molar-refractivity contribution in [3.63, 3.8) is 0 Å². The Morgan fingerprint density at radius 2 is 1.95 bits per heavy atom. The number of aromatic amines is 1. The molecule has 3 heteroatoms. The smallest absolute Gasteiger partial charge is 0.227 e. The van der Waals surface area contributed by atoms with Gasteiger partial charge in [-0.1, -0.05) is 39.0 Å². The quantitative estimate of drug-likeness (QED) is 0.916. The minimum Gasteiger partial charge on any atom is -0.361 e.